The fourth-order valence-corrected chi connectivity index (χ4v) is 4.22. The average molecular weight is 394 g/mol. The molecular weight excluding hydrogens is 366 g/mol. The SMILES string of the molecule is c1ccc(-c2ccc(N3CCNCC3)c(NCc3ccc4ccccc4c3)c2)cc1. The van der Waals surface area contributed by atoms with Gasteiger partial charge in [-0.05, 0) is 45.7 Å². The molecule has 0 bridgehead atoms. The Morgan fingerprint density at radius 2 is 1.47 bits per heavy atom. The molecule has 2 N–H and O–H groups in total. The molecule has 0 radical (unpaired) electrons. The maximum absolute atomic E-state index is 3.74. The summed E-state index contributed by atoms with van der Waals surface area (Å²) < 4.78 is 0. The van der Waals surface area contributed by atoms with E-state index in [1.165, 1.54) is 38.8 Å². The van der Waals surface area contributed by atoms with Crippen molar-refractivity contribution in [2.24, 2.45) is 0 Å². The highest BCUT2D eigenvalue weighted by Crippen LogP contribution is 2.32. The van der Waals surface area contributed by atoms with E-state index in [0.717, 1.165) is 32.7 Å². The largest absolute Gasteiger partial charge is 0.379 e. The van der Waals surface area contributed by atoms with E-state index in [1.807, 2.05) is 0 Å². The van der Waals surface area contributed by atoms with Crippen molar-refractivity contribution in [2.75, 3.05) is 36.4 Å². The molecule has 0 aliphatic carbocycles. The Morgan fingerprint density at radius 1 is 0.700 bits per heavy atom. The normalized spacial score (nSPS) is 14.1. The highest BCUT2D eigenvalue weighted by atomic mass is 15.2. The molecule has 0 saturated carbocycles. The minimum Gasteiger partial charge on any atom is -0.379 e. The van der Waals surface area contributed by atoms with Gasteiger partial charge in [0.1, 0.15) is 0 Å². The lowest BCUT2D eigenvalue weighted by atomic mass is 10.0. The number of hydrogen-bond acceptors (Lipinski definition) is 3. The van der Waals surface area contributed by atoms with Gasteiger partial charge in [0, 0.05) is 32.7 Å². The molecule has 3 heteroatoms. The summed E-state index contributed by atoms with van der Waals surface area (Å²) in [6.07, 6.45) is 0. The van der Waals surface area contributed by atoms with E-state index in [4.69, 9.17) is 0 Å². The third-order valence-corrected chi connectivity index (χ3v) is 5.86. The van der Waals surface area contributed by atoms with Crippen LogP contribution in [-0.4, -0.2) is 26.2 Å². The zero-order valence-electron chi connectivity index (χ0n) is 17.1. The molecule has 0 amide bonds. The summed E-state index contributed by atoms with van der Waals surface area (Å²) in [6, 6.07) is 32.7. The van der Waals surface area contributed by atoms with E-state index in [2.05, 4.69) is 107 Å². The lowest BCUT2D eigenvalue weighted by molar-refractivity contribution is 0.589. The van der Waals surface area contributed by atoms with Gasteiger partial charge >= 0.3 is 0 Å². The predicted molar refractivity (Wildman–Crippen MR) is 128 cm³/mol. The van der Waals surface area contributed by atoms with Crippen LogP contribution in [0.15, 0.2) is 91.0 Å². The lowest BCUT2D eigenvalue weighted by Gasteiger charge is -2.31. The molecule has 4 aromatic rings. The van der Waals surface area contributed by atoms with Gasteiger partial charge in [0.2, 0.25) is 0 Å². The molecule has 0 atom stereocenters. The highest BCUT2D eigenvalue weighted by Gasteiger charge is 2.15. The lowest BCUT2D eigenvalue weighted by Crippen LogP contribution is -2.43. The first kappa shape index (κ1) is 18.7. The number of fused-ring (bicyclic) bond motifs is 1. The second-order valence-corrected chi connectivity index (χ2v) is 7.87. The van der Waals surface area contributed by atoms with Gasteiger partial charge in [0.15, 0.2) is 0 Å². The van der Waals surface area contributed by atoms with E-state index in [0.29, 0.717) is 0 Å². The van der Waals surface area contributed by atoms with Crippen LogP contribution in [0.1, 0.15) is 5.56 Å². The van der Waals surface area contributed by atoms with Crippen molar-refractivity contribution in [1.82, 2.24) is 5.32 Å². The highest BCUT2D eigenvalue weighted by molar-refractivity contribution is 5.83. The molecule has 0 aromatic heterocycles. The van der Waals surface area contributed by atoms with Gasteiger partial charge in [0.25, 0.3) is 0 Å². The Balaban J connectivity index is 1.45. The van der Waals surface area contributed by atoms with Gasteiger partial charge in [-0.15, -0.1) is 0 Å². The van der Waals surface area contributed by atoms with Crippen LogP contribution < -0.4 is 15.5 Å². The third kappa shape index (κ3) is 4.03. The van der Waals surface area contributed by atoms with Crippen LogP contribution in [-0.2, 0) is 6.54 Å². The third-order valence-electron chi connectivity index (χ3n) is 5.86. The van der Waals surface area contributed by atoms with Gasteiger partial charge in [-0.3, -0.25) is 0 Å². The van der Waals surface area contributed by atoms with Gasteiger partial charge in [-0.2, -0.15) is 0 Å². The minimum absolute atomic E-state index is 0.808. The first-order chi connectivity index (χ1) is 14.9. The summed E-state index contributed by atoms with van der Waals surface area (Å²) in [5, 5.41) is 9.77. The molecule has 1 heterocycles. The van der Waals surface area contributed by atoms with Crippen LogP contribution >= 0.6 is 0 Å². The summed E-state index contributed by atoms with van der Waals surface area (Å²) in [7, 11) is 0. The second-order valence-electron chi connectivity index (χ2n) is 7.87. The number of nitrogens with zero attached hydrogens (tertiary/aromatic N) is 1. The summed E-state index contributed by atoms with van der Waals surface area (Å²) in [5.41, 5.74) is 6.28. The molecule has 1 aliphatic rings. The molecule has 150 valence electrons. The molecule has 5 rings (SSSR count). The van der Waals surface area contributed by atoms with Crippen LogP contribution in [0.25, 0.3) is 21.9 Å². The summed E-state index contributed by atoms with van der Waals surface area (Å²) >= 11 is 0. The van der Waals surface area contributed by atoms with Crippen molar-refractivity contribution in [3.63, 3.8) is 0 Å². The molecule has 0 spiro atoms. The van der Waals surface area contributed by atoms with E-state index in [-0.39, 0.29) is 0 Å². The summed E-state index contributed by atoms with van der Waals surface area (Å²) in [5.74, 6) is 0. The first-order valence-corrected chi connectivity index (χ1v) is 10.7. The Kier molecular flexibility index (Phi) is 5.36. The number of hydrogen-bond donors (Lipinski definition) is 2. The van der Waals surface area contributed by atoms with E-state index >= 15 is 0 Å². The Bertz CT molecular complexity index is 1130. The van der Waals surface area contributed by atoms with Gasteiger partial charge in [0.05, 0.1) is 11.4 Å². The van der Waals surface area contributed by atoms with Crippen LogP contribution in [0.4, 0.5) is 11.4 Å². The number of piperazine rings is 1. The van der Waals surface area contributed by atoms with Crippen molar-refractivity contribution in [1.29, 1.82) is 0 Å². The maximum atomic E-state index is 3.74. The van der Waals surface area contributed by atoms with Crippen LogP contribution in [0.2, 0.25) is 0 Å². The Hall–Kier alpha value is -3.30. The summed E-state index contributed by atoms with van der Waals surface area (Å²) in [6.45, 7) is 4.95. The van der Waals surface area contributed by atoms with Crippen LogP contribution in [0, 0.1) is 0 Å². The molecule has 1 aliphatic heterocycles. The number of anilines is 2. The zero-order valence-corrected chi connectivity index (χ0v) is 17.1. The minimum atomic E-state index is 0.808. The second kappa shape index (κ2) is 8.60. The van der Waals surface area contributed by atoms with Crippen LogP contribution in [0.3, 0.4) is 0 Å². The van der Waals surface area contributed by atoms with E-state index < -0.39 is 0 Å². The zero-order chi connectivity index (χ0) is 20.2. The number of rotatable bonds is 5. The molecular formula is C27H27N3. The van der Waals surface area contributed by atoms with Crippen molar-refractivity contribution < 1.29 is 0 Å². The van der Waals surface area contributed by atoms with Gasteiger partial charge in [-0.1, -0.05) is 72.8 Å². The molecule has 30 heavy (non-hydrogen) atoms. The first-order valence-electron chi connectivity index (χ1n) is 10.7. The maximum Gasteiger partial charge on any atom is 0.0603 e. The molecule has 1 fully saturated rings. The van der Waals surface area contributed by atoms with E-state index in [1.54, 1.807) is 0 Å². The van der Waals surface area contributed by atoms with E-state index in [9.17, 15) is 0 Å². The predicted octanol–water partition coefficient (Wildman–Crippen LogP) is 5.53. The topological polar surface area (TPSA) is 27.3 Å². The molecule has 4 aromatic carbocycles. The quantitative estimate of drug-likeness (QED) is 0.467. The molecule has 3 nitrogen and oxygen atoms in total. The fourth-order valence-electron chi connectivity index (χ4n) is 4.22. The monoisotopic (exact) mass is 393 g/mol. The fraction of sp³-hybridized carbons (Fsp3) is 0.185. The smallest absolute Gasteiger partial charge is 0.0603 e. The Morgan fingerprint density at radius 3 is 2.30 bits per heavy atom. The van der Waals surface area contributed by atoms with Crippen molar-refractivity contribution in [3.8, 4) is 11.1 Å². The molecule has 0 unspecified atom stereocenters. The number of benzene rings is 4. The van der Waals surface area contributed by atoms with Gasteiger partial charge in [-0.25, -0.2) is 0 Å². The number of nitrogens with one attached hydrogen (secondary N) is 2. The standard InChI is InChI=1S/C27H27N3/c1-2-6-22(7-3-1)25-12-13-27(30-16-14-28-15-17-30)26(19-25)29-20-21-10-11-23-8-4-5-9-24(23)18-21/h1-13,18-19,28-29H,14-17,20H2. The van der Waals surface area contributed by atoms with Crippen molar-refractivity contribution in [3.05, 3.63) is 96.6 Å². The van der Waals surface area contributed by atoms with Gasteiger partial charge < -0.3 is 15.5 Å². The Labute approximate surface area is 178 Å². The molecule has 1 saturated heterocycles. The van der Waals surface area contributed by atoms with Crippen molar-refractivity contribution in [2.45, 2.75) is 6.54 Å². The summed E-state index contributed by atoms with van der Waals surface area (Å²) in [4.78, 5) is 2.48. The van der Waals surface area contributed by atoms with Crippen molar-refractivity contribution >= 4 is 22.1 Å². The van der Waals surface area contributed by atoms with Crippen LogP contribution in [0.5, 0.6) is 0 Å². The average Bonchev–Trinajstić information content (AvgIpc) is 2.83.